The molecule has 1 amide bonds. The number of nitrogens with one attached hydrogen (secondary N) is 2. The molecule has 2 bridgehead atoms. The highest BCUT2D eigenvalue weighted by Gasteiger charge is 2.31. The minimum Gasteiger partial charge on any atom is -0.378 e. The van der Waals surface area contributed by atoms with Gasteiger partial charge in [-0.15, -0.1) is 0 Å². The van der Waals surface area contributed by atoms with E-state index in [4.69, 9.17) is 4.74 Å². The summed E-state index contributed by atoms with van der Waals surface area (Å²) >= 11 is 1.91. The van der Waals surface area contributed by atoms with E-state index in [9.17, 15) is 13.6 Å². The maximum absolute atomic E-state index is 15.0. The SMILES string of the molecule is O=C(CC(c1ccc(F)cc1)C1CCCCO1)Nc1cccc(F)c1CCC1CN[C@@H]2CCCSN1C2. The van der Waals surface area contributed by atoms with E-state index in [1.807, 2.05) is 11.9 Å². The van der Waals surface area contributed by atoms with Crippen LogP contribution in [0.5, 0.6) is 0 Å². The van der Waals surface area contributed by atoms with Crippen molar-refractivity contribution < 1.29 is 18.3 Å². The first kappa shape index (κ1) is 26.6. The van der Waals surface area contributed by atoms with Gasteiger partial charge in [0.25, 0.3) is 0 Å². The lowest BCUT2D eigenvalue weighted by atomic mass is 9.86. The van der Waals surface area contributed by atoms with Crippen LogP contribution in [0.3, 0.4) is 0 Å². The summed E-state index contributed by atoms with van der Waals surface area (Å²) in [5, 5.41) is 6.66. The van der Waals surface area contributed by atoms with Crippen LogP contribution in [0, 0.1) is 11.6 Å². The van der Waals surface area contributed by atoms with Crippen LogP contribution in [0.25, 0.3) is 0 Å². The molecule has 0 spiro atoms. The molecule has 0 aromatic heterocycles. The number of amides is 1. The van der Waals surface area contributed by atoms with Crippen LogP contribution in [0.4, 0.5) is 14.5 Å². The number of hydrogen-bond acceptors (Lipinski definition) is 5. The van der Waals surface area contributed by atoms with E-state index in [0.717, 1.165) is 50.1 Å². The molecule has 3 aliphatic rings. The number of rotatable bonds is 8. The van der Waals surface area contributed by atoms with E-state index in [0.29, 0.717) is 36.4 Å². The van der Waals surface area contributed by atoms with Gasteiger partial charge in [-0.1, -0.05) is 30.1 Å². The topological polar surface area (TPSA) is 53.6 Å². The molecule has 0 radical (unpaired) electrons. The van der Waals surface area contributed by atoms with Crippen molar-refractivity contribution in [2.45, 2.75) is 75.5 Å². The minimum absolute atomic E-state index is 0.0920. The molecular weight excluding hydrogens is 492 g/mol. The van der Waals surface area contributed by atoms with Gasteiger partial charge in [-0.25, -0.2) is 13.1 Å². The zero-order valence-electron chi connectivity index (χ0n) is 21.3. The van der Waals surface area contributed by atoms with E-state index in [2.05, 4.69) is 14.9 Å². The maximum atomic E-state index is 15.0. The van der Waals surface area contributed by atoms with E-state index >= 15 is 0 Å². The lowest BCUT2D eigenvalue weighted by Gasteiger charge is -2.37. The number of fused-ring (bicyclic) bond motifs is 2. The van der Waals surface area contributed by atoms with Gasteiger partial charge in [0.15, 0.2) is 0 Å². The summed E-state index contributed by atoms with van der Waals surface area (Å²) in [6.07, 6.45) is 6.85. The molecule has 3 saturated heterocycles. The number of carbonyl (C=O) groups is 1. The second-order valence-electron chi connectivity index (χ2n) is 10.5. The second-order valence-corrected chi connectivity index (χ2v) is 11.6. The first-order chi connectivity index (χ1) is 18.1. The molecular formula is C29H37F2N3O2S. The molecule has 2 N–H and O–H groups in total. The zero-order chi connectivity index (χ0) is 25.6. The van der Waals surface area contributed by atoms with E-state index in [-0.39, 0.29) is 36.0 Å². The molecule has 2 aromatic carbocycles. The first-order valence-corrected chi connectivity index (χ1v) is 14.6. The average Bonchev–Trinajstić information content (AvgIpc) is 3.10. The molecule has 3 heterocycles. The lowest BCUT2D eigenvalue weighted by molar-refractivity contribution is -0.117. The Bertz CT molecular complexity index is 1050. The number of carbonyl (C=O) groups excluding carboxylic acids is 1. The van der Waals surface area contributed by atoms with Crippen molar-refractivity contribution in [3.05, 3.63) is 65.2 Å². The number of piperazine rings is 1. The van der Waals surface area contributed by atoms with Crippen molar-refractivity contribution in [3.63, 3.8) is 0 Å². The molecule has 5 atom stereocenters. The van der Waals surface area contributed by atoms with Crippen LogP contribution >= 0.6 is 11.9 Å². The molecule has 5 nitrogen and oxygen atoms in total. The Labute approximate surface area is 222 Å². The lowest BCUT2D eigenvalue weighted by Crippen LogP contribution is -2.53. The smallest absolute Gasteiger partial charge is 0.225 e. The van der Waals surface area contributed by atoms with Crippen LogP contribution < -0.4 is 10.6 Å². The Hall–Kier alpha value is -2.00. The van der Waals surface area contributed by atoms with Crippen LogP contribution in [0.1, 0.15) is 62.0 Å². The van der Waals surface area contributed by atoms with Crippen LogP contribution in [-0.2, 0) is 16.0 Å². The maximum Gasteiger partial charge on any atom is 0.225 e. The van der Waals surface area contributed by atoms with Gasteiger partial charge >= 0.3 is 0 Å². The minimum atomic E-state index is -0.303. The molecule has 0 saturated carbocycles. The summed E-state index contributed by atoms with van der Waals surface area (Å²) in [7, 11) is 0. The Morgan fingerprint density at radius 1 is 1.14 bits per heavy atom. The Morgan fingerprint density at radius 2 is 2.00 bits per heavy atom. The van der Waals surface area contributed by atoms with Crippen molar-refractivity contribution >= 4 is 23.5 Å². The Kier molecular flexibility index (Phi) is 9.13. The van der Waals surface area contributed by atoms with Crippen LogP contribution in [0.15, 0.2) is 42.5 Å². The van der Waals surface area contributed by atoms with Crippen LogP contribution in [-0.4, -0.2) is 53.8 Å². The Morgan fingerprint density at radius 3 is 2.81 bits per heavy atom. The van der Waals surface area contributed by atoms with Crippen LogP contribution in [0.2, 0.25) is 0 Å². The van der Waals surface area contributed by atoms with Gasteiger partial charge in [-0.3, -0.25) is 4.79 Å². The standard InChI is InChI=1S/C29H37F2N3O2S/c30-21-11-9-20(10-12-21)25(28-8-1-2-15-36-28)17-29(35)33-27-7-3-6-26(31)24(27)14-13-23-18-32-22-5-4-16-37-34(23)19-22/h3,6-7,9-12,22-23,25,28,32H,1-2,4-5,8,13-19H2,(H,33,35)/t22-,23?,25?,28?/m1/s1. The van der Waals surface area contributed by atoms with Gasteiger partial charge in [0, 0.05) is 61.1 Å². The zero-order valence-corrected chi connectivity index (χ0v) is 22.1. The molecule has 4 unspecified atom stereocenters. The van der Waals surface area contributed by atoms with E-state index < -0.39 is 0 Å². The van der Waals surface area contributed by atoms with Gasteiger partial charge in [-0.05, 0) is 74.8 Å². The molecule has 200 valence electrons. The first-order valence-electron chi connectivity index (χ1n) is 13.6. The number of halogens is 2. The van der Waals surface area contributed by atoms with E-state index in [1.54, 1.807) is 24.3 Å². The highest BCUT2D eigenvalue weighted by molar-refractivity contribution is 7.97. The molecule has 8 heteroatoms. The number of hydrogen-bond donors (Lipinski definition) is 2. The van der Waals surface area contributed by atoms with Crippen molar-refractivity contribution in [2.75, 3.05) is 30.8 Å². The quantitative estimate of drug-likeness (QED) is 0.432. The third kappa shape index (κ3) is 6.91. The summed E-state index contributed by atoms with van der Waals surface area (Å²) in [5.41, 5.74) is 1.99. The molecule has 37 heavy (non-hydrogen) atoms. The monoisotopic (exact) mass is 529 g/mol. The fourth-order valence-electron chi connectivity index (χ4n) is 5.84. The van der Waals surface area contributed by atoms with Crippen molar-refractivity contribution in [1.29, 1.82) is 0 Å². The molecule has 3 fully saturated rings. The third-order valence-corrected chi connectivity index (χ3v) is 9.14. The van der Waals surface area contributed by atoms with Gasteiger partial charge in [0.05, 0.1) is 6.10 Å². The predicted molar refractivity (Wildman–Crippen MR) is 145 cm³/mol. The molecule has 2 aromatic rings. The fourth-order valence-corrected chi connectivity index (χ4v) is 7.05. The van der Waals surface area contributed by atoms with Gasteiger partial charge in [-0.2, -0.15) is 0 Å². The summed E-state index contributed by atoms with van der Waals surface area (Å²) < 4.78 is 37.1. The molecule has 3 aliphatic heterocycles. The highest BCUT2D eigenvalue weighted by atomic mass is 32.2. The number of anilines is 1. The highest BCUT2D eigenvalue weighted by Crippen LogP contribution is 2.33. The number of ether oxygens (including phenoxy) is 1. The van der Waals surface area contributed by atoms with Gasteiger partial charge in [0.1, 0.15) is 11.6 Å². The average molecular weight is 530 g/mol. The van der Waals surface area contributed by atoms with Crippen molar-refractivity contribution in [3.8, 4) is 0 Å². The summed E-state index contributed by atoms with van der Waals surface area (Å²) in [6, 6.07) is 12.1. The van der Waals surface area contributed by atoms with Crippen molar-refractivity contribution in [1.82, 2.24) is 9.62 Å². The Balaban J connectivity index is 1.26. The predicted octanol–water partition coefficient (Wildman–Crippen LogP) is 5.66. The number of benzene rings is 2. The van der Waals surface area contributed by atoms with Gasteiger partial charge < -0.3 is 15.4 Å². The molecule has 5 rings (SSSR count). The summed E-state index contributed by atoms with van der Waals surface area (Å²) in [5.74, 6) is 0.187. The van der Waals surface area contributed by atoms with Gasteiger partial charge in [0.2, 0.25) is 5.91 Å². The molecule has 0 aliphatic carbocycles. The summed E-state index contributed by atoms with van der Waals surface area (Å²) in [6.45, 7) is 2.61. The third-order valence-electron chi connectivity index (χ3n) is 7.89. The largest absolute Gasteiger partial charge is 0.378 e. The summed E-state index contributed by atoms with van der Waals surface area (Å²) in [4.78, 5) is 13.3. The number of nitrogens with zero attached hydrogens (tertiary/aromatic N) is 1. The fraction of sp³-hybridized carbons (Fsp3) is 0.552. The van der Waals surface area contributed by atoms with Crippen molar-refractivity contribution in [2.24, 2.45) is 0 Å². The normalized spacial score (nSPS) is 26.8. The second kappa shape index (κ2) is 12.7. The van der Waals surface area contributed by atoms with E-state index in [1.165, 1.54) is 31.0 Å².